The third kappa shape index (κ3) is 3.74. The van der Waals surface area contributed by atoms with Crippen LogP contribution in [0, 0.1) is 0 Å². The number of benzene rings is 2. The van der Waals surface area contributed by atoms with Crippen molar-refractivity contribution in [3.8, 4) is 0 Å². The Hall–Kier alpha value is -2.60. The van der Waals surface area contributed by atoms with Gasteiger partial charge in [0.15, 0.2) is 6.10 Å². The molecule has 1 aliphatic heterocycles. The largest absolute Gasteiger partial charge is 0.462 e. The van der Waals surface area contributed by atoms with Gasteiger partial charge >= 0.3 is 11.9 Å². The van der Waals surface area contributed by atoms with Crippen molar-refractivity contribution in [1.29, 1.82) is 0 Å². The molecule has 0 saturated carbocycles. The fourth-order valence-electron chi connectivity index (χ4n) is 2.54. The number of halogens is 1. The molecule has 1 unspecified atom stereocenters. The molecule has 1 atom stereocenters. The van der Waals surface area contributed by atoms with E-state index in [1.165, 1.54) is 0 Å². The molecule has 0 aliphatic carbocycles. The second-order valence-electron chi connectivity index (χ2n) is 5.34. The van der Waals surface area contributed by atoms with Gasteiger partial charge in [0.25, 0.3) is 0 Å². The summed E-state index contributed by atoms with van der Waals surface area (Å²) in [5.74, 6) is -1.15. The van der Waals surface area contributed by atoms with E-state index in [1.54, 1.807) is 31.2 Å². The average molecular weight is 402 g/mol. The number of hydrogen-bond donors (Lipinski definition) is 1. The number of esters is 2. The SMILES string of the molecule is CCOC(=O)C1=C(Nc2ccc(Br)cc2)C(=O)OC1c1ccccc1. The van der Waals surface area contributed by atoms with E-state index in [0.717, 1.165) is 4.47 Å². The molecule has 1 heterocycles. The number of anilines is 1. The van der Waals surface area contributed by atoms with Gasteiger partial charge in [0, 0.05) is 10.2 Å². The lowest BCUT2D eigenvalue weighted by Gasteiger charge is -2.13. The molecule has 0 amide bonds. The number of cyclic esters (lactones) is 1. The van der Waals surface area contributed by atoms with Crippen LogP contribution in [-0.4, -0.2) is 18.5 Å². The van der Waals surface area contributed by atoms with Crippen LogP contribution in [0.1, 0.15) is 18.6 Å². The Bertz CT molecular complexity index is 815. The second-order valence-corrected chi connectivity index (χ2v) is 6.25. The third-order valence-corrected chi connectivity index (χ3v) is 4.20. The molecule has 0 bridgehead atoms. The summed E-state index contributed by atoms with van der Waals surface area (Å²) in [6.45, 7) is 1.93. The molecule has 0 fully saturated rings. The van der Waals surface area contributed by atoms with Crippen molar-refractivity contribution in [3.63, 3.8) is 0 Å². The highest BCUT2D eigenvalue weighted by molar-refractivity contribution is 9.10. The van der Waals surface area contributed by atoms with Gasteiger partial charge in [-0.05, 0) is 36.8 Å². The lowest BCUT2D eigenvalue weighted by molar-refractivity contribution is -0.142. The lowest BCUT2D eigenvalue weighted by atomic mass is 10.0. The molecule has 2 aromatic carbocycles. The zero-order chi connectivity index (χ0) is 17.8. The van der Waals surface area contributed by atoms with Gasteiger partial charge in [-0.3, -0.25) is 0 Å². The molecule has 25 heavy (non-hydrogen) atoms. The minimum absolute atomic E-state index is 0.106. The van der Waals surface area contributed by atoms with Crippen molar-refractivity contribution < 1.29 is 19.1 Å². The standard InChI is InChI=1S/C19H16BrNO4/c1-2-24-18(22)15-16(21-14-10-8-13(20)9-11-14)19(23)25-17(15)12-6-4-3-5-7-12/h3-11,17,21H,2H2,1H3. The van der Waals surface area contributed by atoms with Crippen LogP contribution in [0.3, 0.4) is 0 Å². The lowest BCUT2D eigenvalue weighted by Crippen LogP contribution is -2.16. The van der Waals surface area contributed by atoms with Crippen LogP contribution in [0.15, 0.2) is 70.3 Å². The fraction of sp³-hybridized carbons (Fsp3) is 0.158. The van der Waals surface area contributed by atoms with Crippen molar-refractivity contribution in [2.24, 2.45) is 0 Å². The summed E-state index contributed by atoms with van der Waals surface area (Å²) in [6.07, 6.45) is -0.786. The van der Waals surface area contributed by atoms with Crippen molar-refractivity contribution >= 4 is 33.6 Å². The minimum Gasteiger partial charge on any atom is -0.462 e. The molecular formula is C19H16BrNO4. The minimum atomic E-state index is -0.786. The number of ether oxygens (including phenoxy) is 2. The molecule has 128 valence electrons. The van der Waals surface area contributed by atoms with E-state index in [1.807, 2.05) is 30.3 Å². The van der Waals surface area contributed by atoms with Crippen molar-refractivity contribution in [1.82, 2.24) is 0 Å². The highest BCUT2D eigenvalue weighted by Crippen LogP contribution is 2.36. The maximum absolute atomic E-state index is 12.5. The van der Waals surface area contributed by atoms with Gasteiger partial charge in [0.1, 0.15) is 11.3 Å². The summed E-state index contributed by atoms with van der Waals surface area (Å²) in [6, 6.07) is 16.4. The van der Waals surface area contributed by atoms with Crippen LogP contribution in [0.4, 0.5) is 5.69 Å². The van der Waals surface area contributed by atoms with E-state index in [2.05, 4.69) is 21.2 Å². The summed E-state index contributed by atoms with van der Waals surface area (Å²) in [7, 11) is 0. The smallest absolute Gasteiger partial charge is 0.356 e. The van der Waals surface area contributed by atoms with Gasteiger partial charge in [-0.1, -0.05) is 46.3 Å². The summed E-state index contributed by atoms with van der Waals surface area (Å²) in [4.78, 5) is 24.9. The summed E-state index contributed by atoms with van der Waals surface area (Å²) in [5, 5.41) is 2.99. The zero-order valence-electron chi connectivity index (χ0n) is 13.5. The number of hydrogen-bond acceptors (Lipinski definition) is 5. The molecule has 3 rings (SSSR count). The summed E-state index contributed by atoms with van der Waals surface area (Å²) in [5.41, 5.74) is 1.67. The summed E-state index contributed by atoms with van der Waals surface area (Å²) >= 11 is 3.36. The first-order valence-electron chi connectivity index (χ1n) is 7.80. The van der Waals surface area contributed by atoms with E-state index >= 15 is 0 Å². The Morgan fingerprint density at radius 3 is 2.48 bits per heavy atom. The molecule has 0 spiro atoms. The predicted molar refractivity (Wildman–Crippen MR) is 96.7 cm³/mol. The second kappa shape index (κ2) is 7.53. The number of carbonyl (C=O) groups is 2. The van der Waals surface area contributed by atoms with E-state index in [4.69, 9.17) is 9.47 Å². The topological polar surface area (TPSA) is 64.6 Å². The quantitative estimate of drug-likeness (QED) is 0.767. The highest BCUT2D eigenvalue weighted by atomic mass is 79.9. The Morgan fingerprint density at radius 2 is 1.84 bits per heavy atom. The first-order chi connectivity index (χ1) is 12.1. The fourth-order valence-corrected chi connectivity index (χ4v) is 2.81. The predicted octanol–water partition coefficient (Wildman–Crippen LogP) is 3.98. The number of nitrogens with one attached hydrogen (secondary N) is 1. The zero-order valence-corrected chi connectivity index (χ0v) is 15.1. The van der Waals surface area contributed by atoms with Gasteiger partial charge in [0.2, 0.25) is 0 Å². The van der Waals surface area contributed by atoms with E-state index < -0.39 is 18.0 Å². The van der Waals surface area contributed by atoms with Crippen LogP contribution in [-0.2, 0) is 19.1 Å². The van der Waals surface area contributed by atoms with Gasteiger partial charge in [-0.15, -0.1) is 0 Å². The van der Waals surface area contributed by atoms with Gasteiger partial charge < -0.3 is 14.8 Å². The molecule has 0 aromatic heterocycles. The van der Waals surface area contributed by atoms with Crippen molar-refractivity contribution in [2.75, 3.05) is 11.9 Å². The van der Waals surface area contributed by atoms with E-state index in [9.17, 15) is 9.59 Å². The van der Waals surface area contributed by atoms with Crippen molar-refractivity contribution in [3.05, 3.63) is 75.9 Å². The molecule has 5 nitrogen and oxygen atoms in total. The number of carbonyl (C=O) groups excluding carboxylic acids is 2. The van der Waals surface area contributed by atoms with Crippen LogP contribution < -0.4 is 5.32 Å². The maximum Gasteiger partial charge on any atom is 0.356 e. The molecule has 1 N–H and O–H groups in total. The normalized spacial score (nSPS) is 16.6. The maximum atomic E-state index is 12.5. The first kappa shape index (κ1) is 17.2. The third-order valence-electron chi connectivity index (χ3n) is 3.67. The molecule has 1 aliphatic rings. The van der Waals surface area contributed by atoms with Gasteiger partial charge in [0.05, 0.1) is 6.61 Å². The molecule has 2 aromatic rings. The molecule has 0 radical (unpaired) electrons. The average Bonchev–Trinajstić information content (AvgIpc) is 2.94. The Labute approximate surface area is 153 Å². The Morgan fingerprint density at radius 1 is 1.16 bits per heavy atom. The van der Waals surface area contributed by atoms with E-state index in [-0.39, 0.29) is 17.9 Å². The van der Waals surface area contributed by atoms with E-state index in [0.29, 0.717) is 11.3 Å². The molecule has 0 saturated heterocycles. The van der Waals surface area contributed by atoms with Gasteiger partial charge in [-0.25, -0.2) is 9.59 Å². The van der Waals surface area contributed by atoms with Gasteiger partial charge in [-0.2, -0.15) is 0 Å². The molecular weight excluding hydrogens is 386 g/mol. The Balaban J connectivity index is 2.01. The molecule has 6 heteroatoms. The van der Waals surface area contributed by atoms with Crippen LogP contribution >= 0.6 is 15.9 Å². The highest BCUT2D eigenvalue weighted by Gasteiger charge is 2.40. The van der Waals surface area contributed by atoms with Crippen LogP contribution in [0.25, 0.3) is 0 Å². The number of rotatable bonds is 5. The summed E-state index contributed by atoms with van der Waals surface area (Å²) < 4.78 is 11.5. The van der Waals surface area contributed by atoms with Crippen LogP contribution in [0.5, 0.6) is 0 Å². The van der Waals surface area contributed by atoms with Crippen molar-refractivity contribution in [2.45, 2.75) is 13.0 Å². The van der Waals surface area contributed by atoms with Crippen LogP contribution in [0.2, 0.25) is 0 Å². The first-order valence-corrected chi connectivity index (χ1v) is 8.59. The Kier molecular flexibility index (Phi) is 5.19. The monoisotopic (exact) mass is 401 g/mol.